The highest BCUT2D eigenvalue weighted by molar-refractivity contribution is 5.92. The summed E-state index contributed by atoms with van der Waals surface area (Å²) >= 11 is 0. The average Bonchev–Trinajstić information content (AvgIpc) is 2.28. The van der Waals surface area contributed by atoms with Gasteiger partial charge in [0.15, 0.2) is 11.6 Å². The van der Waals surface area contributed by atoms with Crippen LogP contribution in [0.1, 0.15) is 22.1 Å². The standard InChI is InChI=1S/C6H9N3O2/c1-3-5(6(10)9-7)8-4(2)11-3/h7H2,1-2H3,(H,9,10). The molecule has 0 bridgehead atoms. The number of nitrogens with zero attached hydrogens (tertiary/aromatic N) is 1. The van der Waals surface area contributed by atoms with Crippen LogP contribution in [0.25, 0.3) is 0 Å². The van der Waals surface area contributed by atoms with Crippen LogP contribution in [0.15, 0.2) is 4.42 Å². The number of nitrogens with two attached hydrogens (primary N) is 1. The molecule has 1 rings (SSSR count). The summed E-state index contributed by atoms with van der Waals surface area (Å²) in [6.45, 7) is 3.32. The molecule has 11 heavy (non-hydrogen) atoms. The van der Waals surface area contributed by atoms with Crippen molar-refractivity contribution in [1.82, 2.24) is 10.4 Å². The Kier molecular flexibility index (Phi) is 1.91. The van der Waals surface area contributed by atoms with E-state index in [0.717, 1.165) is 0 Å². The quantitative estimate of drug-likeness (QED) is 0.337. The van der Waals surface area contributed by atoms with Crippen molar-refractivity contribution in [2.75, 3.05) is 0 Å². The number of hydrazine groups is 1. The maximum atomic E-state index is 10.9. The summed E-state index contributed by atoms with van der Waals surface area (Å²) < 4.78 is 5.01. The monoisotopic (exact) mass is 155 g/mol. The second-order valence-electron chi connectivity index (χ2n) is 2.11. The minimum Gasteiger partial charge on any atom is -0.445 e. The molecule has 60 valence electrons. The smallest absolute Gasteiger partial charge is 0.287 e. The molecule has 0 fully saturated rings. The molecule has 0 radical (unpaired) electrons. The van der Waals surface area contributed by atoms with Crippen LogP contribution in [0, 0.1) is 13.8 Å². The van der Waals surface area contributed by atoms with Crippen LogP contribution in [-0.2, 0) is 0 Å². The van der Waals surface area contributed by atoms with Gasteiger partial charge in [-0.05, 0) is 6.92 Å². The van der Waals surface area contributed by atoms with E-state index in [-0.39, 0.29) is 5.69 Å². The van der Waals surface area contributed by atoms with Crippen LogP contribution in [-0.4, -0.2) is 10.9 Å². The van der Waals surface area contributed by atoms with Gasteiger partial charge in [-0.15, -0.1) is 0 Å². The Morgan fingerprint density at radius 3 is 2.64 bits per heavy atom. The summed E-state index contributed by atoms with van der Waals surface area (Å²) in [5.74, 6) is 5.41. The molecule has 0 aliphatic rings. The Morgan fingerprint density at radius 2 is 2.27 bits per heavy atom. The van der Waals surface area contributed by atoms with E-state index in [4.69, 9.17) is 10.3 Å². The van der Waals surface area contributed by atoms with Crippen molar-refractivity contribution in [3.8, 4) is 0 Å². The second kappa shape index (κ2) is 2.71. The number of hydrogen-bond donors (Lipinski definition) is 2. The molecule has 3 N–H and O–H groups in total. The maximum Gasteiger partial charge on any atom is 0.287 e. The van der Waals surface area contributed by atoms with E-state index in [2.05, 4.69) is 4.98 Å². The number of nitrogen functional groups attached to an aromatic ring is 1. The SMILES string of the molecule is Cc1nc(C(=O)NN)c(C)o1. The van der Waals surface area contributed by atoms with Crippen molar-refractivity contribution in [2.24, 2.45) is 5.84 Å². The zero-order valence-electron chi connectivity index (χ0n) is 6.34. The van der Waals surface area contributed by atoms with Crippen LogP contribution in [0.4, 0.5) is 0 Å². The minimum absolute atomic E-state index is 0.241. The number of carbonyl (C=O) groups excluding carboxylic acids is 1. The molecule has 1 aromatic rings. The summed E-state index contributed by atoms with van der Waals surface area (Å²) in [5, 5.41) is 0. The largest absolute Gasteiger partial charge is 0.445 e. The lowest BCUT2D eigenvalue weighted by Crippen LogP contribution is -2.30. The highest BCUT2D eigenvalue weighted by Gasteiger charge is 2.13. The molecule has 1 amide bonds. The highest BCUT2D eigenvalue weighted by atomic mass is 16.4. The van der Waals surface area contributed by atoms with Gasteiger partial charge in [0.2, 0.25) is 0 Å². The Bertz CT molecular complexity index is 279. The summed E-state index contributed by atoms with van der Waals surface area (Å²) in [6, 6.07) is 0. The highest BCUT2D eigenvalue weighted by Crippen LogP contribution is 2.07. The lowest BCUT2D eigenvalue weighted by Gasteiger charge is -1.92. The van der Waals surface area contributed by atoms with Crippen molar-refractivity contribution >= 4 is 5.91 Å². The van der Waals surface area contributed by atoms with Gasteiger partial charge in [0.1, 0.15) is 5.76 Å². The predicted molar refractivity (Wildman–Crippen MR) is 37.6 cm³/mol. The first-order chi connectivity index (χ1) is 5.15. The molecular formula is C6H9N3O2. The molecule has 0 saturated carbocycles. The molecule has 0 saturated heterocycles. The molecule has 0 aliphatic carbocycles. The third-order valence-corrected chi connectivity index (χ3v) is 1.25. The number of aryl methyl sites for hydroxylation is 2. The van der Waals surface area contributed by atoms with Crippen LogP contribution in [0.3, 0.4) is 0 Å². The summed E-state index contributed by atoms with van der Waals surface area (Å²) in [5.41, 5.74) is 2.21. The van der Waals surface area contributed by atoms with E-state index in [1.165, 1.54) is 0 Å². The lowest BCUT2D eigenvalue weighted by molar-refractivity contribution is 0.0948. The van der Waals surface area contributed by atoms with Crippen molar-refractivity contribution in [1.29, 1.82) is 0 Å². The van der Waals surface area contributed by atoms with Crippen LogP contribution in [0.5, 0.6) is 0 Å². The van der Waals surface area contributed by atoms with E-state index >= 15 is 0 Å². The number of nitrogens with one attached hydrogen (secondary N) is 1. The van der Waals surface area contributed by atoms with Crippen molar-refractivity contribution in [3.63, 3.8) is 0 Å². The zero-order chi connectivity index (χ0) is 8.43. The number of aromatic nitrogens is 1. The Balaban J connectivity index is 3.03. The molecule has 0 spiro atoms. The molecule has 5 nitrogen and oxygen atoms in total. The zero-order valence-corrected chi connectivity index (χ0v) is 6.34. The Hall–Kier alpha value is -1.36. The first kappa shape index (κ1) is 7.74. The molecule has 1 heterocycles. The van der Waals surface area contributed by atoms with E-state index in [1.807, 2.05) is 5.43 Å². The van der Waals surface area contributed by atoms with Gasteiger partial charge in [-0.2, -0.15) is 0 Å². The predicted octanol–water partition coefficient (Wildman–Crippen LogP) is -0.105. The third-order valence-electron chi connectivity index (χ3n) is 1.25. The first-order valence-corrected chi connectivity index (χ1v) is 3.10. The van der Waals surface area contributed by atoms with Crippen LogP contribution < -0.4 is 11.3 Å². The molecule has 0 aromatic carbocycles. The molecular weight excluding hydrogens is 146 g/mol. The topological polar surface area (TPSA) is 81.2 Å². The van der Waals surface area contributed by atoms with Gasteiger partial charge >= 0.3 is 0 Å². The van der Waals surface area contributed by atoms with Crippen molar-refractivity contribution in [3.05, 3.63) is 17.3 Å². The summed E-state index contributed by atoms with van der Waals surface area (Å²) in [4.78, 5) is 14.7. The number of hydrogen-bond acceptors (Lipinski definition) is 4. The normalized spacial score (nSPS) is 9.73. The number of rotatable bonds is 1. The number of amides is 1. The van der Waals surface area contributed by atoms with Gasteiger partial charge in [-0.1, -0.05) is 0 Å². The lowest BCUT2D eigenvalue weighted by atomic mass is 10.3. The van der Waals surface area contributed by atoms with Crippen LogP contribution >= 0.6 is 0 Å². The van der Waals surface area contributed by atoms with Gasteiger partial charge in [0.25, 0.3) is 5.91 Å². The maximum absolute atomic E-state index is 10.9. The van der Waals surface area contributed by atoms with E-state index < -0.39 is 5.91 Å². The van der Waals surface area contributed by atoms with Crippen LogP contribution in [0.2, 0.25) is 0 Å². The Morgan fingerprint density at radius 1 is 1.64 bits per heavy atom. The van der Waals surface area contributed by atoms with E-state index in [9.17, 15) is 4.79 Å². The number of oxazole rings is 1. The van der Waals surface area contributed by atoms with Gasteiger partial charge in [-0.25, -0.2) is 10.8 Å². The summed E-state index contributed by atoms with van der Waals surface area (Å²) in [6.07, 6.45) is 0. The fraction of sp³-hybridized carbons (Fsp3) is 0.333. The van der Waals surface area contributed by atoms with Gasteiger partial charge in [0, 0.05) is 6.92 Å². The molecule has 0 unspecified atom stereocenters. The van der Waals surface area contributed by atoms with Gasteiger partial charge in [0.05, 0.1) is 0 Å². The minimum atomic E-state index is -0.431. The molecule has 5 heteroatoms. The molecule has 0 atom stereocenters. The van der Waals surface area contributed by atoms with Gasteiger partial charge in [-0.3, -0.25) is 10.2 Å². The fourth-order valence-electron chi connectivity index (χ4n) is 0.808. The molecule has 1 aromatic heterocycles. The van der Waals surface area contributed by atoms with Gasteiger partial charge < -0.3 is 4.42 Å². The van der Waals surface area contributed by atoms with Crippen molar-refractivity contribution < 1.29 is 9.21 Å². The van der Waals surface area contributed by atoms with Crippen molar-refractivity contribution in [2.45, 2.75) is 13.8 Å². The second-order valence-corrected chi connectivity index (χ2v) is 2.11. The molecule has 0 aliphatic heterocycles. The number of carbonyl (C=O) groups is 1. The van der Waals surface area contributed by atoms with E-state index in [1.54, 1.807) is 13.8 Å². The third kappa shape index (κ3) is 1.38. The van der Waals surface area contributed by atoms with E-state index in [0.29, 0.717) is 11.7 Å². The fourth-order valence-corrected chi connectivity index (χ4v) is 0.808. The average molecular weight is 155 g/mol. The first-order valence-electron chi connectivity index (χ1n) is 3.10. The summed E-state index contributed by atoms with van der Waals surface area (Å²) in [7, 11) is 0. The Labute approximate surface area is 63.6 Å².